The Balaban J connectivity index is 0.00000461. The molecule has 3 aromatic carbocycles. The number of carbonyl (C=O) groups is 1. The van der Waals surface area contributed by atoms with E-state index in [1.807, 2.05) is 61.5 Å². The lowest BCUT2D eigenvalue weighted by Crippen LogP contribution is -2.45. The van der Waals surface area contributed by atoms with Gasteiger partial charge in [-0.1, -0.05) is 47.5 Å². The highest BCUT2D eigenvalue weighted by atomic mass is 35.5. The Bertz CT molecular complexity index is 1550. The van der Waals surface area contributed by atoms with Gasteiger partial charge >= 0.3 is 0 Å². The van der Waals surface area contributed by atoms with Gasteiger partial charge in [-0.3, -0.25) is 9.69 Å². The molecule has 5 rings (SSSR count). The number of piperazine rings is 1. The number of hydrogen-bond acceptors (Lipinski definition) is 7. The molecule has 0 N–H and O–H groups in total. The summed E-state index contributed by atoms with van der Waals surface area (Å²) in [5.41, 5.74) is 4.94. The number of nitrogens with zero attached hydrogens (tertiary/aromatic N) is 3. The summed E-state index contributed by atoms with van der Waals surface area (Å²) in [4.78, 5) is 20.7. The summed E-state index contributed by atoms with van der Waals surface area (Å²) in [5.74, 6) is 2.43. The van der Waals surface area contributed by atoms with Crippen LogP contribution in [0.15, 0.2) is 85.1 Å². The number of ether oxygens (including phenoxy) is 3. The van der Waals surface area contributed by atoms with Crippen molar-refractivity contribution in [3.8, 4) is 23.1 Å². The van der Waals surface area contributed by atoms with E-state index in [0.717, 1.165) is 73.6 Å². The number of methoxy groups -OCH3 is 1. The Kier molecular flexibility index (Phi) is 12.5. The van der Waals surface area contributed by atoms with E-state index in [0.29, 0.717) is 34.0 Å². The molecule has 2 heterocycles. The van der Waals surface area contributed by atoms with Crippen LogP contribution < -0.4 is 14.2 Å². The molecule has 1 aromatic heterocycles. The smallest absolute Gasteiger partial charge is 0.219 e. The van der Waals surface area contributed by atoms with Crippen LogP contribution in [0.4, 0.5) is 0 Å². The van der Waals surface area contributed by atoms with Crippen LogP contribution in [-0.2, 0) is 17.8 Å². The minimum Gasteiger partial charge on any atom is -0.497 e. The van der Waals surface area contributed by atoms with E-state index in [1.54, 1.807) is 25.4 Å². The van der Waals surface area contributed by atoms with Crippen molar-refractivity contribution in [1.82, 2.24) is 14.8 Å². The van der Waals surface area contributed by atoms with Crippen molar-refractivity contribution in [2.24, 2.45) is 0 Å². The average molecular weight is 669 g/mol. The van der Waals surface area contributed by atoms with Crippen LogP contribution >= 0.6 is 35.6 Å². The maximum absolute atomic E-state index is 11.6. The van der Waals surface area contributed by atoms with Crippen molar-refractivity contribution >= 4 is 47.6 Å². The summed E-state index contributed by atoms with van der Waals surface area (Å²) in [6, 6.07) is 23.3. The van der Waals surface area contributed by atoms with Crippen molar-refractivity contribution in [3.63, 3.8) is 0 Å². The van der Waals surface area contributed by atoms with E-state index in [1.165, 1.54) is 5.56 Å². The third-order valence-electron chi connectivity index (χ3n) is 7.52. The van der Waals surface area contributed by atoms with E-state index in [-0.39, 0.29) is 12.4 Å². The maximum atomic E-state index is 11.6. The molecule has 1 aliphatic heterocycles. The van der Waals surface area contributed by atoms with E-state index in [2.05, 4.69) is 26.9 Å². The molecule has 0 atom stereocenters. The minimum absolute atomic E-state index is 0. The molecule has 0 amide bonds. The SMILES string of the molecule is COc1ccc(CN2CCN(/C(=C/C=O)c3cc(C)c(Oc4ccc(OCCc5ccc(Cl)cc5)cn4)c(Cl)c3)CC2)cc1.Cl. The van der Waals surface area contributed by atoms with Crippen molar-refractivity contribution in [2.75, 3.05) is 39.9 Å². The number of rotatable bonds is 12. The van der Waals surface area contributed by atoms with Gasteiger partial charge in [0.25, 0.3) is 0 Å². The standard InChI is InChI=1S/C35H35Cl2N3O4.ClH/c1-25-21-28(33(13-19-41)40-17-15-39(16-18-40)24-27-5-9-30(42-2)10-6-27)22-32(37)35(25)44-34-12-11-31(23-38-34)43-20-14-26-3-7-29(36)8-4-26;/h3-13,19,21-23H,14-18,20,24H2,1-2H3;1H/b33-13+;. The van der Waals surface area contributed by atoms with Crippen LogP contribution in [-0.4, -0.2) is 61.0 Å². The minimum atomic E-state index is 0. The van der Waals surface area contributed by atoms with Gasteiger partial charge in [-0.2, -0.15) is 0 Å². The number of aryl methyl sites for hydroxylation is 1. The van der Waals surface area contributed by atoms with Gasteiger partial charge in [0.05, 0.1) is 24.9 Å². The Morgan fingerprint density at radius 2 is 1.60 bits per heavy atom. The zero-order valence-corrected chi connectivity index (χ0v) is 27.6. The summed E-state index contributed by atoms with van der Waals surface area (Å²) >= 11 is 12.7. The number of allylic oxidation sites excluding steroid dienone is 1. The fraction of sp³-hybridized carbons (Fsp3) is 0.257. The fourth-order valence-electron chi connectivity index (χ4n) is 5.15. The topological polar surface area (TPSA) is 64.1 Å². The highest BCUT2D eigenvalue weighted by molar-refractivity contribution is 6.32. The number of benzene rings is 3. The van der Waals surface area contributed by atoms with Gasteiger partial charge in [-0.05, 0) is 71.6 Å². The molecule has 7 nitrogen and oxygen atoms in total. The quantitative estimate of drug-likeness (QED) is 0.112. The lowest BCUT2D eigenvalue weighted by Gasteiger charge is -2.37. The highest BCUT2D eigenvalue weighted by Crippen LogP contribution is 2.36. The highest BCUT2D eigenvalue weighted by Gasteiger charge is 2.21. The first-order chi connectivity index (χ1) is 21.4. The van der Waals surface area contributed by atoms with Crippen molar-refractivity contribution in [2.45, 2.75) is 19.9 Å². The molecule has 1 saturated heterocycles. The molecule has 0 unspecified atom stereocenters. The first kappa shape index (κ1) is 34.1. The predicted molar refractivity (Wildman–Crippen MR) is 182 cm³/mol. The van der Waals surface area contributed by atoms with Crippen LogP contribution in [0.1, 0.15) is 22.3 Å². The van der Waals surface area contributed by atoms with Crippen LogP contribution in [0.3, 0.4) is 0 Å². The van der Waals surface area contributed by atoms with Gasteiger partial charge in [-0.25, -0.2) is 4.98 Å². The molecular weight excluding hydrogens is 633 g/mol. The zero-order chi connectivity index (χ0) is 30.9. The fourth-order valence-corrected chi connectivity index (χ4v) is 5.58. The number of aromatic nitrogens is 1. The number of halogens is 3. The van der Waals surface area contributed by atoms with Gasteiger partial charge in [-0.15, -0.1) is 12.4 Å². The van der Waals surface area contributed by atoms with Crippen LogP contribution in [0.2, 0.25) is 10.0 Å². The largest absolute Gasteiger partial charge is 0.497 e. The second-order valence-corrected chi connectivity index (χ2v) is 11.4. The van der Waals surface area contributed by atoms with Crippen molar-refractivity contribution < 1.29 is 19.0 Å². The normalized spacial score (nSPS) is 13.6. The Hall–Kier alpha value is -3.75. The summed E-state index contributed by atoms with van der Waals surface area (Å²) in [5, 5.41) is 1.16. The van der Waals surface area contributed by atoms with Crippen LogP contribution in [0.25, 0.3) is 5.70 Å². The third kappa shape index (κ3) is 9.38. The summed E-state index contributed by atoms with van der Waals surface area (Å²) in [6.45, 7) is 6.66. The Labute approximate surface area is 280 Å². The summed E-state index contributed by atoms with van der Waals surface area (Å²) in [6.07, 6.45) is 4.83. The van der Waals surface area contributed by atoms with Crippen LogP contribution in [0, 0.1) is 6.92 Å². The first-order valence-corrected chi connectivity index (χ1v) is 15.2. The second-order valence-electron chi connectivity index (χ2n) is 10.6. The predicted octanol–water partition coefficient (Wildman–Crippen LogP) is 7.90. The average Bonchev–Trinajstić information content (AvgIpc) is 3.04. The first-order valence-electron chi connectivity index (χ1n) is 14.5. The van der Waals surface area contributed by atoms with Gasteiger partial charge in [0.15, 0.2) is 5.75 Å². The lowest BCUT2D eigenvalue weighted by molar-refractivity contribution is -0.104. The van der Waals surface area contributed by atoms with E-state index in [9.17, 15) is 4.79 Å². The Morgan fingerprint density at radius 3 is 2.22 bits per heavy atom. The number of pyridine rings is 1. The molecule has 4 aromatic rings. The summed E-state index contributed by atoms with van der Waals surface area (Å²) in [7, 11) is 1.67. The summed E-state index contributed by atoms with van der Waals surface area (Å²) < 4.78 is 17.2. The van der Waals surface area contributed by atoms with Gasteiger partial charge < -0.3 is 19.1 Å². The van der Waals surface area contributed by atoms with E-state index in [4.69, 9.17) is 37.4 Å². The molecule has 45 heavy (non-hydrogen) atoms. The molecular formula is C35H36Cl3N3O4. The number of carbonyl (C=O) groups excluding carboxylic acids is 1. The lowest BCUT2D eigenvalue weighted by atomic mass is 10.1. The zero-order valence-electron chi connectivity index (χ0n) is 25.2. The van der Waals surface area contributed by atoms with Gasteiger partial charge in [0.2, 0.25) is 5.88 Å². The molecule has 0 bridgehead atoms. The molecule has 0 aliphatic carbocycles. The Morgan fingerprint density at radius 1 is 0.911 bits per heavy atom. The van der Waals surface area contributed by atoms with Gasteiger partial charge in [0, 0.05) is 62.0 Å². The van der Waals surface area contributed by atoms with E-state index >= 15 is 0 Å². The molecule has 1 fully saturated rings. The van der Waals surface area contributed by atoms with Crippen LogP contribution in [0.5, 0.6) is 23.1 Å². The van der Waals surface area contributed by atoms with Crippen molar-refractivity contribution in [3.05, 3.63) is 117 Å². The molecule has 0 saturated carbocycles. The molecule has 0 spiro atoms. The number of aldehydes is 1. The number of hydrogen-bond donors (Lipinski definition) is 0. The molecule has 1 aliphatic rings. The van der Waals surface area contributed by atoms with Gasteiger partial charge in [0.1, 0.15) is 17.8 Å². The third-order valence-corrected chi connectivity index (χ3v) is 8.05. The van der Waals surface area contributed by atoms with Crippen molar-refractivity contribution in [1.29, 1.82) is 0 Å². The maximum Gasteiger partial charge on any atom is 0.219 e. The molecule has 10 heteroatoms. The second kappa shape index (κ2) is 16.5. The molecule has 236 valence electrons. The monoisotopic (exact) mass is 667 g/mol. The van der Waals surface area contributed by atoms with E-state index < -0.39 is 0 Å². The molecule has 0 radical (unpaired) electrons.